The van der Waals surface area contributed by atoms with Gasteiger partial charge in [-0.1, -0.05) is 0 Å². The third-order valence-electron chi connectivity index (χ3n) is 3.99. The topological polar surface area (TPSA) is 35.6 Å². The van der Waals surface area contributed by atoms with E-state index in [0.29, 0.717) is 24.4 Å². The molecule has 18 heavy (non-hydrogen) atoms. The number of likely N-dealkylation sites (tertiary alicyclic amines) is 1. The van der Waals surface area contributed by atoms with Crippen molar-refractivity contribution < 1.29 is 4.79 Å². The first-order chi connectivity index (χ1) is 8.56. The molecule has 106 valence electrons. The molecular formula is C14H29N3O. The molecule has 1 aliphatic heterocycles. The van der Waals surface area contributed by atoms with Gasteiger partial charge in [-0.25, -0.2) is 0 Å². The van der Waals surface area contributed by atoms with Crippen molar-refractivity contribution in [3.05, 3.63) is 0 Å². The standard InChI is InChI=1S/C14H29N3O/c1-12(2)17-10-7-13(8-11-17)16(4)14(18)6-5-9-15-3/h12-13,15H,5-11H2,1-4H3. The molecule has 1 heterocycles. The third kappa shape index (κ3) is 4.58. The fraction of sp³-hybridized carbons (Fsp3) is 0.929. The molecule has 0 atom stereocenters. The SMILES string of the molecule is CNCCCC(=O)N(C)C1CCN(C(C)C)CC1. The van der Waals surface area contributed by atoms with Gasteiger partial charge in [-0.2, -0.15) is 0 Å². The lowest BCUT2D eigenvalue weighted by molar-refractivity contribution is -0.133. The molecule has 4 nitrogen and oxygen atoms in total. The first-order valence-corrected chi connectivity index (χ1v) is 7.20. The zero-order chi connectivity index (χ0) is 13.5. The van der Waals surface area contributed by atoms with Crippen LogP contribution in [0.15, 0.2) is 0 Å². The van der Waals surface area contributed by atoms with E-state index in [1.54, 1.807) is 0 Å². The minimum Gasteiger partial charge on any atom is -0.343 e. The summed E-state index contributed by atoms with van der Waals surface area (Å²) in [5.74, 6) is 0.299. The molecule has 0 saturated carbocycles. The van der Waals surface area contributed by atoms with Crippen LogP contribution in [0.25, 0.3) is 0 Å². The van der Waals surface area contributed by atoms with Crippen LogP contribution in [0.4, 0.5) is 0 Å². The summed E-state index contributed by atoms with van der Waals surface area (Å²) in [6.45, 7) is 7.65. The molecule has 0 radical (unpaired) electrons. The van der Waals surface area contributed by atoms with Crippen LogP contribution in [0.5, 0.6) is 0 Å². The average Bonchev–Trinajstić information content (AvgIpc) is 2.38. The second kappa shape index (κ2) is 7.74. The molecule has 1 N–H and O–H groups in total. The Bertz CT molecular complexity index is 247. The Labute approximate surface area is 112 Å². The molecule has 0 spiro atoms. The van der Waals surface area contributed by atoms with E-state index < -0.39 is 0 Å². The smallest absolute Gasteiger partial charge is 0.222 e. The Morgan fingerprint density at radius 2 is 2.00 bits per heavy atom. The normalized spacial score (nSPS) is 18.3. The van der Waals surface area contributed by atoms with Crippen molar-refractivity contribution in [1.82, 2.24) is 15.1 Å². The molecule has 0 aromatic heterocycles. The number of nitrogens with zero attached hydrogens (tertiary/aromatic N) is 2. The van der Waals surface area contributed by atoms with Crippen molar-refractivity contribution >= 4 is 5.91 Å². The average molecular weight is 255 g/mol. The van der Waals surface area contributed by atoms with Gasteiger partial charge in [0.1, 0.15) is 0 Å². The molecule has 1 fully saturated rings. The van der Waals surface area contributed by atoms with Crippen molar-refractivity contribution in [1.29, 1.82) is 0 Å². The fourth-order valence-corrected chi connectivity index (χ4v) is 2.59. The Balaban J connectivity index is 2.30. The van der Waals surface area contributed by atoms with Crippen LogP contribution >= 0.6 is 0 Å². The third-order valence-corrected chi connectivity index (χ3v) is 3.99. The van der Waals surface area contributed by atoms with Crippen molar-refractivity contribution in [3.8, 4) is 0 Å². The Morgan fingerprint density at radius 3 is 2.50 bits per heavy atom. The van der Waals surface area contributed by atoms with Crippen LogP contribution < -0.4 is 5.32 Å². The number of amides is 1. The van der Waals surface area contributed by atoms with Gasteiger partial charge in [-0.3, -0.25) is 4.79 Å². The van der Waals surface area contributed by atoms with Crippen LogP contribution in [-0.4, -0.2) is 61.5 Å². The van der Waals surface area contributed by atoms with Gasteiger partial charge in [0.25, 0.3) is 0 Å². The van der Waals surface area contributed by atoms with E-state index in [0.717, 1.165) is 38.9 Å². The number of nitrogens with one attached hydrogen (secondary N) is 1. The van der Waals surface area contributed by atoms with Gasteiger partial charge in [0.2, 0.25) is 5.91 Å². The Kier molecular flexibility index (Phi) is 6.65. The summed E-state index contributed by atoms with van der Waals surface area (Å²) in [5, 5.41) is 3.08. The molecule has 1 rings (SSSR count). The van der Waals surface area contributed by atoms with Crippen molar-refractivity contribution in [2.24, 2.45) is 0 Å². The minimum absolute atomic E-state index is 0.299. The number of carbonyl (C=O) groups excluding carboxylic acids is 1. The van der Waals surface area contributed by atoms with Gasteiger partial charge < -0.3 is 15.1 Å². The zero-order valence-corrected chi connectivity index (χ0v) is 12.4. The maximum Gasteiger partial charge on any atom is 0.222 e. The van der Waals surface area contributed by atoms with Gasteiger partial charge in [-0.15, -0.1) is 0 Å². The van der Waals surface area contributed by atoms with Crippen molar-refractivity contribution in [2.45, 2.75) is 51.6 Å². The molecular weight excluding hydrogens is 226 g/mol. The summed E-state index contributed by atoms with van der Waals surface area (Å²) in [4.78, 5) is 16.5. The molecule has 4 heteroatoms. The number of hydrogen-bond donors (Lipinski definition) is 1. The van der Waals surface area contributed by atoms with Gasteiger partial charge in [0, 0.05) is 38.6 Å². The van der Waals surface area contributed by atoms with E-state index in [4.69, 9.17) is 0 Å². The van der Waals surface area contributed by atoms with Gasteiger partial charge in [-0.05, 0) is 46.7 Å². The van der Waals surface area contributed by atoms with Crippen molar-refractivity contribution in [2.75, 3.05) is 33.7 Å². The highest BCUT2D eigenvalue weighted by atomic mass is 16.2. The van der Waals surface area contributed by atoms with E-state index in [9.17, 15) is 4.79 Å². The van der Waals surface area contributed by atoms with Crippen LogP contribution in [0.3, 0.4) is 0 Å². The maximum atomic E-state index is 12.0. The zero-order valence-electron chi connectivity index (χ0n) is 12.4. The van der Waals surface area contributed by atoms with Crippen LogP contribution in [0, 0.1) is 0 Å². The van der Waals surface area contributed by atoms with Crippen LogP contribution in [-0.2, 0) is 4.79 Å². The number of carbonyl (C=O) groups is 1. The fourth-order valence-electron chi connectivity index (χ4n) is 2.59. The molecule has 0 unspecified atom stereocenters. The van der Waals surface area contributed by atoms with Gasteiger partial charge >= 0.3 is 0 Å². The van der Waals surface area contributed by atoms with E-state index in [-0.39, 0.29) is 0 Å². The first kappa shape index (κ1) is 15.4. The van der Waals surface area contributed by atoms with Gasteiger partial charge in [0.15, 0.2) is 0 Å². The van der Waals surface area contributed by atoms with E-state index in [1.165, 1.54) is 0 Å². The number of hydrogen-bond acceptors (Lipinski definition) is 3. The maximum absolute atomic E-state index is 12.0. The molecule has 0 aromatic carbocycles. The summed E-state index contributed by atoms with van der Waals surface area (Å²) in [6.07, 6.45) is 3.84. The summed E-state index contributed by atoms with van der Waals surface area (Å²) < 4.78 is 0. The lowest BCUT2D eigenvalue weighted by Gasteiger charge is -2.38. The highest BCUT2D eigenvalue weighted by Gasteiger charge is 2.25. The summed E-state index contributed by atoms with van der Waals surface area (Å²) in [7, 11) is 3.90. The van der Waals surface area contributed by atoms with Crippen molar-refractivity contribution in [3.63, 3.8) is 0 Å². The molecule has 0 aromatic rings. The predicted octanol–water partition coefficient (Wildman–Crippen LogP) is 1.32. The molecule has 0 aliphatic carbocycles. The van der Waals surface area contributed by atoms with Crippen LogP contribution in [0.1, 0.15) is 39.5 Å². The number of piperidine rings is 1. The Morgan fingerprint density at radius 1 is 1.39 bits per heavy atom. The largest absolute Gasteiger partial charge is 0.343 e. The highest BCUT2D eigenvalue weighted by molar-refractivity contribution is 5.76. The summed E-state index contributed by atoms with van der Waals surface area (Å²) in [6, 6.07) is 1.07. The molecule has 1 aliphatic rings. The van der Waals surface area contributed by atoms with E-state index >= 15 is 0 Å². The lowest BCUT2D eigenvalue weighted by Crippen LogP contribution is -2.47. The second-order valence-corrected chi connectivity index (χ2v) is 5.57. The first-order valence-electron chi connectivity index (χ1n) is 7.20. The predicted molar refractivity (Wildman–Crippen MR) is 75.7 cm³/mol. The minimum atomic E-state index is 0.299. The summed E-state index contributed by atoms with van der Waals surface area (Å²) in [5.41, 5.74) is 0. The van der Waals surface area contributed by atoms with Gasteiger partial charge in [0.05, 0.1) is 0 Å². The summed E-state index contributed by atoms with van der Waals surface area (Å²) >= 11 is 0. The number of rotatable bonds is 6. The Hall–Kier alpha value is -0.610. The van der Waals surface area contributed by atoms with Crippen LogP contribution in [0.2, 0.25) is 0 Å². The molecule has 1 saturated heterocycles. The van der Waals surface area contributed by atoms with E-state index in [1.807, 2.05) is 19.0 Å². The van der Waals surface area contributed by atoms with E-state index in [2.05, 4.69) is 24.1 Å². The molecule has 1 amide bonds. The second-order valence-electron chi connectivity index (χ2n) is 5.57. The highest BCUT2D eigenvalue weighted by Crippen LogP contribution is 2.18. The lowest BCUT2D eigenvalue weighted by atomic mass is 10.0. The quantitative estimate of drug-likeness (QED) is 0.727. The monoisotopic (exact) mass is 255 g/mol. The molecule has 0 bridgehead atoms.